The van der Waals surface area contributed by atoms with Crippen LogP contribution in [-0.2, 0) is 57.8 Å². The number of fused-ring (bicyclic) bond motifs is 4. The number of aliphatic hydroxyl groups excluding tert-OH is 1. The van der Waals surface area contributed by atoms with Crippen molar-refractivity contribution >= 4 is 65.5 Å². The molecule has 18 nitrogen and oxygen atoms in total. The minimum absolute atomic E-state index is 0.0397. The van der Waals surface area contributed by atoms with Crippen molar-refractivity contribution in [1.82, 2.24) is 15.1 Å². The van der Waals surface area contributed by atoms with Gasteiger partial charge in [0.25, 0.3) is 11.8 Å². The molecule has 0 unspecified atom stereocenters. The van der Waals surface area contributed by atoms with Gasteiger partial charge in [-0.1, -0.05) is 35.4 Å². The summed E-state index contributed by atoms with van der Waals surface area (Å²) >= 11 is 1.46. The maximum atomic E-state index is 13.7. The normalized spacial score (nSPS) is 18.0. The van der Waals surface area contributed by atoms with Crippen molar-refractivity contribution in [3.8, 4) is 11.5 Å². The highest BCUT2D eigenvalue weighted by molar-refractivity contribution is 8.00. The van der Waals surface area contributed by atoms with Gasteiger partial charge in [0.15, 0.2) is 6.29 Å². The maximum absolute atomic E-state index is 13.7. The molecule has 396 valence electrons. The number of thioether (sulfide) groups is 1. The molecule has 0 bridgehead atoms. The molecule has 2 N–H and O–H groups in total. The molecule has 0 saturated carbocycles. The second-order valence-electron chi connectivity index (χ2n) is 18.6. The number of methoxy groups -OCH3 is 1. The number of carbonyl (C=O) groups excluding carboxylic acids is 5. The number of hydrogen-bond donors (Lipinski definition) is 2. The van der Waals surface area contributed by atoms with Crippen LogP contribution in [0.25, 0.3) is 0 Å². The predicted octanol–water partition coefficient (Wildman–Crippen LogP) is 6.62. The fourth-order valence-electron chi connectivity index (χ4n) is 8.82. The fourth-order valence-corrected chi connectivity index (χ4v) is 9.70. The van der Waals surface area contributed by atoms with Gasteiger partial charge in [-0.05, 0) is 75.4 Å². The number of nitrogens with one attached hydrogen (secondary N) is 1. The molecule has 2 fully saturated rings. The third kappa shape index (κ3) is 14.5. The molecular formula is C55H67N5O13S. The molecule has 3 amide bonds. The van der Waals surface area contributed by atoms with Gasteiger partial charge < -0.3 is 53.4 Å². The molecule has 3 aromatic rings. The molecule has 0 spiro atoms. The first kappa shape index (κ1) is 55.5. The van der Waals surface area contributed by atoms with Crippen LogP contribution in [0.4, 0.5) is 11.4 Å². The zero-order valence-corrected chi connectivity index (χ0v) is 43.7. The van der Waals surface area contributed by atoms with Gasteiger partial charge in [0.1, 0.15) is 24.7 Å². The van der Waals surface area contributed by atoms with Crippen LogP contribution in [-0.4, -0.2) is 155 Å². The molecule has 4 aliphatic rings. The van der Waals surface area contributed by atoms with E-state index in [0.29, 0.717) is 112 Å². The fraction of sp³-hybridized carbons (Fsp3) is 0.473. The lowest BCUT2D eigenvalue weighted by atomic mass is 9.97. The van der Waals surface area contributed by atoms with E-state index in [9.17, 15) is 29.1 Å². The summed E-state index contributed by atoms with van der Waals surface area (Å²) in [5.74, 6) is 0.00159. The lowest BCUT2D eigenvalue weighted by molar-refractivity contribution is -0.142. The lowest BCUT2D eigenvalue weighted by Gasteiger charge is -2.26. The van der Waals surface area contributed by atoms with Crippen LogP contribution in [0, 0.1) is 0 Å². The largest absolute Gasteiger partial charge is 0.488 e. The molecule has 0 aliphatic carbocycles. The number of esters is 1. The smallest absolute Gasteiger partial charge is 0.307 e. The molecule has 2 atom stereocenters. The summed E-state index contributed by atoms with van der Waals surface area (Å²) in [5.41, 5.74) is 7.00. The summed E-state index contributed by atoms with van der Waals surface area (Å²) in [6.45, 7) is 11.9. The monoisotopic (exact) mass is 1040 g/mol. The Balaban J connectivity index is 0.983. The van der Waals surface area contributed by atoms with E-state index in [1.165, 1.54) is 24.4 Å². The quantitative estimate of drug-likeness (QED) is 0.0356. The number of hydrogen-bond acceptors (Lipinski definition) is 16. The van der Waals surface area contributed by atoms with Crippen molar-refractivity contribution < 1.29 is 62.2 Å². The molecular weight excluding hydrogens is 971 g/mol. The zero-order chi connectivity index (χ0) is 52.6. The van der Waals surface area contributed by atoms with Crippen LogP contribution in [0.5, 0.6) is 11.5 Å². The van der Waals surface area contributed by atoms with Crippen LogP contribution < -0.4 is 14.8 Å². The van der Waals surface area contributed by atoms with Crippen LogP contribution in [0.2, 0.25) is 0 Å². The second-order valence-corrected chi connectivity index (χ2v) is 20.2. The average molecular weight is 1040 g/mol. The van der Waals surface area contributed by atoms with Crippen molar-refractivity contribution in [2.45, 2.75) is 83.6 Å². The molecule has 19 heteroatoms. The maximum Gasteiger partial charge on any atom is 0.307 e. The Kier molecular flexibility index (Phi) is 20.1. The van der Waals surface area contributed by atoms with Crippen molar-refractivity contribution in [2.24, 2.45) is 9.98 Å². The Morgan fingerprint density at radius 2 is 1.27 bits per heavy atom. The summed E-state index contributed by atoms with van der Waals surface area (Å²) in [6.07, 6.45) is 9.94. The number of allylic oxidation sites excluding steroid dienone is 2. The molecule has 74 heavy (non-hydrogen) atoms. The molecule has 3 aromatic carbocycles. The summed E-state index contributed by atoms with van der Waals surface area (Å²) < 4.78 is 38.7. The van der Waals surface area contributed by atoms with E-state index in [0.717, 1.165) is 28.7 Å². The first-order valence-corrected chi connectivity index (χ1v) is 25.9. The van der Waals surface area contributed by atoms with Crippen LogP contribution in [0.3, 0.4) is 0 Å². The van der Waals surface area contributed by atoms with Crippen molar-refractivity contribution in [3.05, 3.63) is 105 Å². The lowest BCUT2D eigenvalue weighted by Crippen LogP contribution is -2.35. The van der Waals surface area contributed by atoms with Gasteiger partial charge >= 0.3 is 5.97 Å². The van der Waals surface area contributed by atoms with E-state index in [1.807, 2.05) is 58.0 Å². The first-order chi connectivity index (χ1) is 35.8. The number of carbonyl (C=O) groups is 5. The highest BCUT2D eigenvalue weighted by atomic mass is 32.2. The predicted molar refractivity (Wildman–Crippen MR) is 280 cm³/mol. The van der Waals surface area contributed by atoms with E-state index in [1.54, 1.807) is 46.5 Å². The van der Waals surface area contributed by atoms with Gasteiger partial charge in [-0.15, -0.1) is 11.8 Å². The SMILES string of the molecule is C/C=C1\C[C@H]2C=Nc3cc(OCc4cc(COc5cc6c(cc5CO)C(=O)N5C/C(=C/C)C[C@H]5C=N6)cc(C(C)(C)SCC(=O)NCCOCCOCCOCCOCCC(=O)OC)c4)c(C=O)cc3C(=O)N2C1. The van der Waals surface area contributed by atoms with Crippen molar-refractivity contribution in [1.29, 1.82) is 0 Å². The number of aldehydes is 1. The first-order valence-electron chi connectivity index (χ1n) is 24.9. The molecule has 2 saturated heterocycles. The third-order valence-corrected chi connectivity index (χ3v) is 14.5. The van der Waals surface area contributed by atoms with E-state index in [4.69, 9.17) is 33.4 Å². The number of aliphatic imine (C=N–C) groups is 2. The number of benzene rings is 3. The van der Waals surface area contributed by atoms with Gasteiger partial charge in [0.05, 0.1) is 119 Å². The number of rotatable bonds is 27. The third-order valence-electron chi connectivity index (χ3n) is 13.1. The Morgan fingerprint density at radius 3 is 1.81 bits per heavy atom. The number of ether oxygens (including phenoxy) is 7. The Bertz CT molecular complexity index is 2650. The highest BCUT2D eigenvalue weighted by Gasteiger charge is 2.36. The minimum atomic E-state index is -0.597. The van der Waals surface area contributed by atoms with Crippen LogP contribution in [0.1, 0.15) is 100 Å². The number of nitrogens with zero attached hydrogens (tertiary/aromatic N) is 4. The molecule has 0 aromatic heterocycles. The van der Waals surface area contributed by atoms with E-state index in [2.05, 4.69) is 15.0 Å². The summed E-state index contributed by atoms with van der Waals surface area (Å²) in [6, 6.07) is 12.1. The molecule has 4 aliphatic heterocycles. The minimum Gasteiger partial charge on any atom is -0.488 e. The second kappa shape index (κ2) is 26.8. The van der Waals surface area contributed by atoms with E-state index >= 15 is 0 Å². The zero-order valence-electron chi connectivity index (χ0n) is 42.9. The Labute approximate surface area is 436 Å². The van der Waals surface area contributed by atoms with Crippen molar-refractivity contribution in [3.63, 3.8) is 0 Å². The van der Waals surface area contributed by atoms with Gasteiger partial charge in [-0.3, -0.25) is 34.0 Å². The Morgan fingerprint density at radius 1 is 0.743 bits per heavy atom. The highest BCUT2D eigenvalue weighted by Crippen LogP contribution is 2.40. The van der Waals surface area contributed by atoms with Crippen molar-refractivity contribution in [2.75, 3.05) is 85.4 Å². The molecule has 4 heterocycles. The molecule has 7 rings (SSSR count). The number of aliphatic hydroxyl groups is 1. The average Bonchev–Trinajstić information content (AvgIpc) is 3.98. The summed E-state index contributed by atoms with van der Waals surface area (Å²) in [5, 5.41) is 13.4. The molecule has 0 radical (unpaired) electrons. The number of amides is 3. The van der Waals surface area contributed by atoms with Gasteiger partial charge in [0.2, 0.25) is 5.91 Å². The van der Waals surface area contributed by atoms with Crippen LogP contribution in [0.15, 0.2) is 75.7 Å². The van der Waals surface area contributed by atoms with Gasteiger partial charge in [0, 0.05) is 54.5 Å². The van der Waals surface area contributed by atoms with Crippen LogP contribution >= 0.6 is 11.8 Å². The standard InChI is InChI=1S/C55H67N5O13S/c1-6-36-21-43-27-57-47-25-49(40(31-61)23-45(47)53(65)59(43)29-36)72-33-38-18-39(34-73-50-26-48-46(24-41(50)32-62)54(66)60-30-37(7-2)22-44(60)28-58-48)20-42(19-38)55(3,4)74-35-51(63)56-9-11-69-13-15-71-17-16-70-14-12-68-10-8-52(64)67-5/h6-7,18-20,23-28,31,43-44,62H,8-17,21-22,29-30,32-35H2,1-5H3,(H,56,63)/b36-6+,37-7+/t43-,44-/m0/s1. The van der Waals surface area contributed by atoms with E-state index < -0.39 is 4.75 Å². The summed E-state index contributed by atoms with van der Waals surface area (Å²) in [4.78, 5) is 77.1. The van der Waals surface area contributed by atoms with E-state index in [-0.39, 0.29) is 85.7 Å². The Hall–Kier alpha value is -6.22. The van der Waals surface area contributed by atoms with Gasteiger partial charge in [-0.2, -0.15) is 0 Å². The van der Waals surface area contributed by atoms with Gasteiger partial charge in [-0.25, -0.2) is 0 Å². The topological polar surface area (TPSA) is 213 Å². The summed E-state index contributed by atoms with van der Waals surface area (Å²) in [7, 11) is 1.34.